The van der Waals surface area contributed by atoms with Gasteiger partial charge in [0, 0.05) is 0 Å². The second-order valence-corrected chi connectivity index (χ2v) is 2.84. The number of rotatable bonds is 3. The maximum absolute atomic E-state index is 10.5. The summed E-state index contributed by atoms with van der Waals surface area (Å²) in [5.74, 6) is -0.634. The Balaban J connectivity index is 2.18. The molecule has 0 fully saturated rings. The lowest BCUT2D eigenvalue weighted by atomic mass is 10.2. The quantitative estimate of drug-likeness (QED) is 0.757. The summed E-state index contributed by atoms with van der Waals surface area (Å²) in [4.78, 5) is 10.5. The molecule has 7 nitrogen and oxygen atoms in total. The minimum absolute atomic E-state index is 0.125. The SMILES string of the molecule is Nc1nonc1Cc1ccc(C(=O)O)o1. The number of nitrogens with two attached hydrogens (primary N) is 1. The number of aromatic nitrogens is 2. The van der Waals surface area contributed by atoms with Crippen molar-refractivity contribution in [3.63, 3.8) is 0 Å². The van der Waals surface area contributed by atoms with Crippen LogP contribution in [-0.2, 0) is 6.42 Å². The van der Waals surface area contributed by atoms with Crippen LogP contribution in [0, 0.1) is 0 Å². The lowest BCUT2D eigenvalue weighted by Gasteiger charge is -1.91. The van der Waals surface area contributed by atoms with Gasteiger partial charge < -0.3 is 15.3 Å². The first kappa shape index (κ1) is 9.25. The summed E-state index contributed by atoms with van der Waals surface area (Å²) in [5, 5.41) is 15.5. The van der Waals surface area contributed by atoms with Crippen LogP contribution in [-0.4, -0.2) is 21.4 Å². The number of nitrogen functional groups attached to an aromatic ring is 1. The topological polar surface area (TPSA) is 115 Å². The molecule has 0 spiro atoms. The summed E-state index contributed by atoms with van der Waals surface area (Å²) >= 11 is 0. The first-order valence-electron chi connectivity index (χ1n) is 4.05. The zero-order chi connectivity index (χ0) is 10.8. The number of hydrogen-bond acceptors (Lipinski definition) is 6. The molecule has 0 atom stereocenters. The average Bonchev–Trinajstić information content (AvgIpc) is 2.77. The number of aromatic carboxylic acids is 1. The number of carboxylic acid groups (broad SMARTS) is 1. The molecule has 0 saturated heterocycles. The van der Waals surface area contributed by atoms with Gasteiger partial charge in [-0.15, -0.1) is 0 Å². The monoisotopic (exact) mass is 209 g/mol. The van der Waals surface area contributed by atoms with Crippen molar-refractivity contribution in [2.24, 2.45) is 0 Å². The van der Waals surface area contributed by atoms with Crippen molar-refractivity contribution in [2.45, 2.75) is 6.42 Å². The molecule has 15 heavy (non-hydrogen) atoms. The Kier molecular flexibility index (Phi) is 2.13. The summed E-state index contributed by atoms with van der Waals surface area (Å²) in [5.41, 5.74) is 5.85. The van der Waals surface area contributed by atoms with E-state index < -0.39 is 5.97 Å². The fourth-order valence-electron chi connectivity index (χ4n) is 1.09. The predicted octanol–water partition coefficient (Wildman–Crippen LogP) is 0.534. The van der Waals surface area contributed by atoms with Gasteiger partial charge >= 0.3 is 5.97 Å². The van der Waals surface area contributed by atoms with Gasteiger partial charge in [-0.2, -0.15) is 0 Å². The van der Waals surface area contributed by atoms with Crippen molar-refractivity contribution in [2.75, 3.05) is 5.73 Å². The van der Waals surface area contributed by atoms with E-state index in [2.05, 4.69) is 14.9 Å². The zero-order valence-corrected chi connectivity index (χ0v) is 7.51. The van der Waals surface area contributed by atoms with Gasteiger partial charge in [-0.05, 0) is 17.3 Å². The van der Waals surface area contributed by atoms with Crippen LogP contribution >= 0.6 is 0 Å². The van der Waals surface area contributed by atoms with E-state index in [4.69, 9.17) is 15.3 Å². The third-order valence-corrected chi connectivity index (χ3v) is 1.80. The fourth-order valence-corrected chi connectivity index (χ4v) is 1.09. The normalized spacial score (nSPS) is 10.4. The molecule has 0 unspecified atom stereocenters. The molecule has 2 aromatic heterocycles. The van der Waals surface area contributed by atoms with Gasteiger partial charge in [0.25, 0.3) is 0 Å². The number of furan rings is 1. The Hall–Kier alpha value is -2.31. The van der Waals surface area contributed by atoms with Crippen LogP contribution in [0.15, 0.2) is 21.2 Å². The standard InChI is InChI=1S/C8H7N3O4/c9-7-5(10-15-11-7)3-4-1-2-6(14-4)8(12)13/h1-2H,3H2,(H2,9,11)(H,12,13). The molecule has 0 aliphatic heterocycles. The number of carbonyl (C=O) groups is 1. The van der Waals surface area contributed by atoms with Crippen molar-refractivity contribution in [3.05, 3.63) is 29.3 Å². The molecular formula is C8H7N3O4. The van der Waals surface area contributed by atoms with Gasteiger partial charge in [0.05, 0.1) is 6.42 Å². The maximum atomic E-state index is 10.5. The summed E-state index contributed by atoms with van der Waals surface area (Å²) in [6, 6.07) is 2.90. The molecule has 0 aliphatic carbocycles. The fraction of sp³-hybridized carbons (Fsp3) is 0.125. The first-order valence-corrected chi connectivity index (χ1v) is 4.05. The third kappa shape index (κ3) is 1.80. The molecule has 2 aromatic rings. The van der Waals surface area contributed by atoms with E-state index >= 15 is 0 Å². The molecule has 0 aromatic carbocycles. The van der Waals surface area contributed by atoms with Crippen molar-refractivity contribution in [1.29, 1.82) is 0 Å². The molecule has 2 heterocycles. The van der Waals surface area contributed by atoms with Gasteiger partial charge in [0.15, 0.2) is 5.82 Å². The number of anilines is 1. The minimum Gasteiger partial charge on any atom is -0.475 e. The Morgan fingerprint density at radius 3 is 2.80 bits per heavy atom. The van der Waals surface area contributed by atoms with Gasteiger partial charge in [0.1, 0.15) is 11.5 Å². The van der Waals surface area contributed by atoms with E-state index in [-0.39, 0.29) is 18.0 Å². The van der Waals surface area contributed by atoms with Crippen LogP contribution in [0.2, 0.25) is 0 Å². The van der Waals surface area contributed by atoms with Gasteiger partial charge in [-0.3, -0.25) is 0 Å². The lowest BCUT2D eigenvalue weighted by Crippen LogP contribution is -1.94. The Morgan fingerprint density at radius 2 is 2.27 bits per heavy atom. The van der Waals surface area contributed by atoms with Crippen LogP contribution in [0.4, 0.5) is 5.82 Å². The molecule has 0 radical (unpaired) electrons. The highest BCUT2D eigenvalue weighted by Crippen LogP contribution is 2.14. The molecule has 0 aliphatic rings. The molecule has 0 saturated carbocycles. The van der Waals surface area contributed by atoms with Gasteiger partial charge in [0.2, 0.25) is 5.76 Å². The summed E-state index contributed by atoms with van der Waals surface area (Å²) in [7, 11) is 0. The Morgan fingerprint density at radius 1 is 1.47 bits per heavy atom. The molecule has 7 heteroatoms. The zero-order valence-electron chi connectivity index (χ0n) is 7.51. The van der Waals surface area contributed by atoms with Crippen molar-refractivity contribution in [1.82, 2.24) is 10.3 Å². The summed E-state index contributed by atoms with van der Waals surface area (Å²) in [6.07, 6.45) is 0.253. The summed E-state index contributed by atoms with van der Waals surface area (Å²) < 4.78 is 9.40. The van der Waals surface area contributed by atoms with E-state index in [1.54, 1.807) is 0 Å². The maximum Gasteiger partial charge on any atom is 0.371 e. The summed E-state index contributed by atoms with van der Waals surface area (Å²) in [6.45, 7) is 0. The first-order chi connectivity index (χ1) is 7.16. The van der Waals surface area contributed by atoms with Crippen LogP contribution in [0.3, 0.4) is 0 Å². The van der Waals surface area contributed by atoms with E-state index in [9.17, 15) is 4.79 Å². The van der Waals surface area contributed by atoms with E-state index in [1.807, 2.05) is 0 Å². The molecule has 0 amide bonds. The molecule has 3 N–H and O–H groups in total. The minimum atomic E-state index is -1.12. The van der Waals surface area contributed by atoms with Crippen LogP contribution in [0.25, 0.3) is 0 Å². The van der Waals surface area contributed by atoms with Crippen molar-refractivity contribution < 1.29 is 18.9 Å². The van der Waals surface area contributed by atoms with Gasteiger partial charge in [-0.25, -0.2) is 9.42 Å². The smallest absolute Gasteiger partial charge is 0.371 e. The largest absolute Gasteiger partial charge is 0.475 e. The highest BCUT2D eigenvalue weighted by molar-refractivity contribution is 5.84. The second kappa shape index (κ2) is 3.45. The van der Waals surface area contributed by atoms with E-state index in [0.29, 0.717) is 11.5 Å². The van der Waals surface area contributed by atoms with Crippen molar-refractivity contribution >= 4 is 11.8 Å². The third-order valence-electron chi connectivity index (χ3n) is 1.80. The van der Waals surface area contributed by atoms with Crippen molar-refractivity contribution in [3.8, 4) is 0 Å². The molecule has 2 rings (SSSR count). The Bertz CT molecular complexity index is 488. The molecule has 0 bridgehead atoms. The number of hydrogen-bond donors (Lipinski definition) is 2. The second-order valence-electron chi connectivity index (χ2n) is 2.84. The highest BCUT2D eigenvalue weighted by Gasteiger charge is 2.12. The highest BCUT2D eigenvalue weighted by atomic mass is 16.6. The lowest BCUT2D eigenvalue weighted by molar-refractivity contribution is 0.0660. The van der Waals surface area contributed by atoms with E-state index in [1.165, 1.54) is 12.1 Å². The average molecular weight is 209 g/mol. The number of carboxylic acids is 1. The van der Waals surface area contributed by atoms with Crippen LogP contribution < -0.4 is 5.73 Å². The van der Waals surface area contributed by atoms with Gasteiger partial charge in [-0.1, -0.05) is 5.16 Å². The van der Waals surface area contributed by atoms with Crippen LogP contribution in [0.5, 0.6) is 0 Å². The Labute approximate surface area is 83.4 Å². The predicted molar refractivity (Wildman–Crippen MR) is 47.2 cm³/mol. The molecular weight excluding hydrogens is 202 g/mol. The molecule has 78 valence electrons. The number of nitrogens with zero attached hydrogens (tertiary/aromatic N) is 2. The van der Waals surface area contributed by atoms with Crippen LogP contribution in [0.1, 0.15) is 22.0 Å². The van der Waals surface area contributed by atoms with E-state index in [0.717, 1.165) is 0 Å².